The predicted molar refractivity (Wildman–Crippen MR) is 135 cm³/mol. The number of halogens is 1. The molecule has 0 aliphatic rings. The number of nitrogens with one attached hydrogen (secondary N) is 2. The van der Waals surface area contributed by atoms with Crippen LogP contribution in [-0.4, -0.2) is 19.1 Å². The van der Waals surface area contributed by atoms with Crippen molar-refractivity contribution in [1.29, 1.82) is 0 Å². The maximum Gasteiger partial charge on any atom is 0.270 e. The first-order valence-electron chi connectivity index (χ1n) is 10.1. The van der Waals surface area contributed by atoms with E-state index in [0.717, 1.165) is 22.4 Å². The van der Waals surface area contributed by atoms with Crippen molar-refractivity contribution < 1.29 is 13.3 Å². The fraction of sp³-hybridized carbons (Fsp3) is 0.0417. The van der Waals surface area contributed by atoms with Crippen LogP contribution in [0.3, 0.4) is 0 Å². The summed E-state index contributed by atoms with van der Waals surface area (Å²) in [6.07, 6.45) is 0. The quantitative estimate of drug-likeness (QED) is 0.185. The van der Waals surface area contributed by atoms with Gasteiger partial charge < -0.3 is 0 Å². The lowest BCUT2D eigenvalue weighted by atomic mass is 10.0. The largest absolute Gasteiger partial charge is 0.278 e. The number of sulfonamides is 1. The minimum absolute atomic E-state index is 0.0743. The molecule has 0 saturated carbocycles. The van der Waals surface area contributed by atoms with Gasteiger partial charge in [-0.05, 0) is 47.5 Å². The Morgan fingerprint density at radius 1 is 0.912 bits per heavy atom. The van der Waals surface area contributed by atoms with Crippen molar-refractivity contribution in [3.63, 3.8) is 0 Å². The smallest absolute Gasteiger partial charge is 0.270 e. The monoisotopic (exact) mass is 494 g/mol. The molecular weight excluding hydrogens is 476 g/mol. The van der Waals surface area contributed by atoms with Crippen LogP contribution in [0.4, 0.5) is 17.1 Å². The predicted octanol–water partition coefficient (Wildman–Crippen LogP) is 6.04. The summed E-state index contributed by atoms with van der Waals surface area (Å²) in [5, 5.41) is 17.9. The third-order valence-electron chi connectivity index (χ3n) is 5.10. The highest BCUT2D eigenvalue weighted by atomic mass is 35.5. The lowest BCUT2D eigenvalue weighted by molar-refractivity contribution is -0.385. The molecule has 34 heavy (non-hydrogen) atoms. The molecule has 4 rings (SSSR count). The second kappa shape index (κ2) is 9.50. The summed E-state index contributed by atoms with van der Waals surface area (Å²) in [4.78, 5) is 10.3. The van der Waals surface area contributed by atoms with Crippen molar-refractivity contribution in [3.05, 3.63) is 106 Å². The number of hydrazone groups is 1. The number of nitro benzene ring substituents is 1. The lowest BCUT2D eigenvalue weighted by Gasteiger charge is -2.13. The van der Waals surface area contributed by atoms with Crippen molar-refractivity contribution in [3.8, 4) is 0 Å². The Morgan fingerprint density at radius 2 is 1.62 bits per heavy atom. The number of non-ortho nitro benzene ring substituents is 1. The molecule has 0 unspecified atom stereocenters. The van der Waals surface area contributed by atoms with Crippen LogP contribution in [-0.2, 0) is 10.0 Å². The topological polar surface area (TPSA) is 114 Å². The molecule has 8 nitrogen and oxygen atoms in total. The number of anilines is 2. The molecule has 0 aromatic heterocycles. The highest BCUT2D eigenvalue weighted by Gasteiger charge is 2.23. The van der Waals surface area contributed by atoms with Crippen LogP contribution in [0.25, 0.3) is 10.8 Å². The number of benzene rings is 4. The summed E-state index contributed by atoms with van der Waals surface area (Å²) in [6.45, 7) is 1.78. The summed E-state index contributed by atoms with van der Waals surface area (Å²) in [6, 6.07) is 23.5. The standard InChI is InChI=1S/C24H19ClN4O4S/c1-16(18-11-10-17-6-2-3-7-19(17)14-18)26-27-23-13-12-20(29(30)31)15-24(23)34(32,33)28-22-9-5-4-8-21(22)25/h2-15,27-28H,1H3/b26-16-. The van der Waals surface area contributed by atoms with Crippen molar-refractivity contribution in [2.24, 2.45) is 5.10 Å². The summed E-state index contributed by atoms with van der Waals surface area (Å²) < 4.78 is 28.6. The van der Waals surface area contributed by atoms with E-state index in [2.05, 4.69) is 15.2 Å². The van der Waals surface area contributed by atoms with E-state index >= 15 is 0 Å². The molecule has 2 N–H and O–H groups in total. The summed E-state index contributed by atoms with van der Waals surface area (Å²) >= 11 is 6.08. The van der Waals surface area contributed by atoms with Gasteiger partial charge in [-0.2, -0.15) is 5.10 Å². The Kier molecular flexibility index (Phi) is 6.49. The van der Waals surface area contributed by atoms with Crippen molar-refractivity contribution in [1.82, 2.24) is 0 Å². The highest BCUT2D eigenvalue weighted by molar-refractivity contribution is 7.93. The molecule has 0 radical (unpaired) electrons. The van der Waals surface area contributed by atoms with Gasteiger partial charge in [0.05, 0.1) is 27.0 Å². The fourth-order valence-electron chi connectivity index (χ4n) is 3.31. The van der Waals surface area contributed by atoms with Crippen molar-refractivity contribution in [2.75, 3.05) is 10.1 Å². The first kappa shape index (κ1) is 23.2. The maximum atomic E-state index is 13.1. The average Bonchev–Trinajstić information content (AvgIpc) is 2.83. The summed E-state index contributed by atoms with van der Waals surface area (Å²) in [5.41, 5.74) is 4.04. The van der Waals surface area contributed by atoms with E-state index < -0.39 is 14.9 Å². The fourth-order valence-corrected chi connectivity index (χ4v) is 4.80. The first-order chi connectivity index (χ1) is 16.2. The molecule has 10 heteroatoms. The maximum absolute atomic E-state index is 13.1. The molecule has 0 bridgehead atoms. The summed E-state index contributed by atoms with van der Waals surface area (Å²) in [5.74, 6) is 0. The van der Waals surface area contributed by atoms with Crippen LogP contribution >= 0.6 is 11.6 Å². The van der Waals surface area contributed by atoms with Crippen LogP contribution < -0.4 is 10.1 Å². The van der Waals surface area contributed by atoms with Crippen LogP contribution in [0.1, 0.15) is 12.5 Å². The van der Waals surface area contributed by atoms with E-state index in [4.69, 9.17) is 11.6 Å². The number of hydrogen-bond acceptors (Lipinski definition) is 6. The molecule has 0 fully saturated rings. The van der Waals surface area contributed by atoms with Gasteiger partial charge in [-0.25, -0.2) is 8.42 Å². The highest BCUT2D eigenvalue weighted by Crippen LogP contribution is 2.30. The number of para-hydroxylation sites is 1. The third kappa shape index (κ3) is 5.00. The summed E-state index contributed by atoms with van der Waals surface area (Å²) in [7, 11) is -4.23. The Hall–Kier alpha value is -3.95. The van der Waals surface area contributed by atoms with Gasteiger partial charge in [-0.1, -0.05) is 60.1 Å². The normalized spacial score (nSPS) is 11.9. The molecule has 0 aliphatic carbocycles. The zero-order chi connectivity index (χ0) is 24.3. The zero-order valence-corrected chi connectivity index (χ0v) is 19.5. The van der Waals surface area contributed by atoms with Crippen molar-refractivity contribution in [2.45, 2.75) is 11.8 Å². The molecule has 4 aromatic carbocycles. The van der Waals surface area contributed by atoms with Gasteiger partial charge in [0.15, 0.2) is 0 Å². The van der Waals surface area contributed by atoms with Gasteiger partial charge >= 0.3 is 0 Å². The molecule has 0 saturated heterocycles. The first-order valence-corrected chi connectivity index (χ1v) is 12.0. The molecule has 4 aromatic rings. The van der Waals surface area contributed by atoms with Gasteiger partial charge in [0.2, 0.25) is 0 Å². The number of nitrogens with zero attached hydrogens (tertiary/aromatic N) is 2. The SMILES string of the molecule is C/C(=N/Nc1ccc([N+](=O)[O-])cc1S(=O)(=O)Nc1ccccc1Cl)c1ccc2ccccc2c1. The van der Waals surface area contributed by atoms with E-state index in [0.29, 0.717) is 5.71 Å². The third-order valence-corrected chi connectivity index (χ3v) is 6.83. The van der Waals surface area contributed by atoms with Gasteiger partial charge in [0.25, 0.3) is 15.7 Å². The Morgan fingerprint density at radius 3 is 2.35 bits per heavy atom. The number of nitro groups is 1. The molecule has 0 amide bonds. The number of hydrogen-bond donors (Lipinski definition) is 2. The molecule has 0 atom stereocenters. The Bertz CT molecular complexity index is 1540. The van der Waals surface area contributed by atoms with Crippen LogP contribution in [0.15, 0.2) is 94.9 Å². The molecule has 0 aliphatic heterocycles. The molecule has 172 valence electrons. The lowest BCUT2D eigenvalue weighted by Crippen LogP contribution is -2.15. The Balaban J connectivity index is 1.69. The molecule has 0 heterocycles. The van der Waals surface area contributed by atoms with E-state index in [1.165, 1.54) is 24.3 Å². The van der Waals surface area contributed by atoms with Crippen LogP contribution in [0, 0.1) is 10.1 Å². The number of fused-ring (bicyclic) bond motifs is 1. The second-order valence-electron chi connectivity index (χ2n) is 7.39. The molecular formula is C24H19ClN4O4S. The van der Waals surface area contributed by atoms with Crippen LogP contribution in [0.2, 0.25) is 5.02 Å². The minimum atomic E-state index is -4.23. The van der Waals surface area contributed by atoms with E-state index in [-0.39, 0.29) is 27.0 Å². The van der Waals surface area contributed by atoms with Crippen LogP contribution in [0.5, 0.6) is 0 Å². The van der Waals surface area contributed by atoms with Gasteiger partial charge in [0, 0.05) is 12.1 Å². The minimum Gasteiger partial charge on any atom is -0.278 e. The zero-order valence-electron chi connectivity index (χ0n) is 17.9. The number of rotatable bonds is 7. The van der Waals surface area contributed by atoms with Crippen molar-refractivity contribution >= 4 is 55.2 Å². The van der Waals surface area contributed by atoms with E-state index in [1.807, 2.05) is 42.5 Å². The second-order valence-corrected chi connectivity index (χ2v) is 9.45. The van der Waals surface area contributed by atoms with E-state index in [9.17, 15) is 18.5 Å². The van der Waals surface area contributed by atoms with Gasteiger partial charge in [-0.3, -0.25) is 20.3 Å². The van der Waals surface area contributed by atoms with Gasteiger partial charge in [0.1, 0.15) is 4.90 Å². The van der Waals surface area contributed by atoms with Gasteiger partial charge in [-0.15, -0.1) is 0 Å². The Labute approximate surface area is 201 Å². The molecule has 0 spiro atoms. The average molecular weight is 495 g/mol. The van der Waals surface area contributed by atoms with E-state index in [1.54, 1.807) is 19.1 Å².